The molecule has 0 amide bonds. The Balaban J connectivity index is 4.53. The highest BCUT2D eigenvalue weighted by Crippen LogP contribution is 2.19. The van der Waals surface area contributed by atoms with Crippen molar-refractivity contribution in [2.75, 3.05) is 13.4 Å². The lowest BCUT2D eigenvalue weighted by Crippen LogP contribution is -2.54. The van der Waals surface area contributed by atoms with Gasteiger partial charge in [-0.3, -0.25) is 4.79 Å². The molecule has 4 atom stereocenters. The maximum Gasteiger partial charge on any atom is 0.339 e. The van der Waals surface area contributed by atoms with Gasteiger partial charge >= 0.3 is 29.8 Å². The fourth-order valence-electron chi connectivity index (χ4n) is 1.71. The van der Waals surface area contributed by atoms with Gasteiger partial charge in [-0.1, -0.05) is 0 Å². The van der Waals surface area contributed by atoms with Crippen LogP contribution in [0, 0.1) is 0 Å². The maximum atomic E-state index is 11.4. The highest BCUT2D eigenvalue weighted by Gasteiger charge is 2.50. The third-order valence-corrected chi connectivity index (χ3v) is 3.44. The van der Waals surface area contributed by atoms with E-state index in [9.17, 15) is 44.4 Å². The summed E-state index contributed by atoms with van der Waals surface area (Å²) >= 11 is 0. The molecule has 0 spiro atoms. The summed E-state index contributed by atoms with van der Waals surface area (Å²) in [6.45, 7) is -1.91. The first-order valence-electron chi connectivity index (χ1n) is 7.33. The van der Waals surface area contributed by atoms with Gasteiger partial charge < -0.3 is 45.6 Å². The van der Waals surface area contributed by atoms with E-state index in [1.165, 1.54) is 0 Å². The molecule has 0 rings (SSSR count). The van der Waals surface area contributed by atoms with E-state index < -0.39 is 79.5 Å². The Morgan fingerprint density at radius 1 is 0.759 bits per heavy atom. The minimum absolute atomic E-state index is 0.818. The quantitative estimate of drug-likeness (QED) is 0.0425. The molecule has 8 N–H and O–H groups in total. The van der Waals surface area contributed by atoms with E-state index in [4.69, 9.17) is 20.4 Å². The molecule has 0 saturated heterocycles. The zero-order valence-electron chi connectivity index (χ0n) is 14.3. The minimum atomic E-state index is -3.41. The molecule has 0 radical (unpaired) electrons. The Kier molecular flexibility index (Phi) is 9.54. The lowest BCUT2D eigenvalue weighted by Gasteiger charge is -2.25. The van der Waals surface area contributed by atoms with Crippen molar-refractivity contribution in [3.8, 4) is 0 Å². The van der Waals surface area contributed by atoms with E-state index in [1.54, 1.807) is 0 Å². The lowest BCUT2D eigenvalue weighted by molar-refractivity contribution is -0.334. The highest BCUT2D eigenvalue weighted by molar-refractivity contribution is 5.91. The van der Waals surface area contributed by atoms with Crippen LogP contribution in [0.4, 0.5) is 0 Å². The normalized spacial score (nSPS) is 17.2. The number of ether oxygens (including phenoxy) is 1. The summed E-state index contributed by atoms with van der Waals surface area (Å²) in [5, 5.41) is 72.3. The van der Waals surface area contributed by atoms with Gasteiger partial charge in [0.2, 0.25) is 18.0 Å². The van der Waals surface area contributed by atoms with Gasteiger partial charge in [0, 0.05) is 6.42 Å². The zero-order chi connectivity index (χ0) is 23.0. The molecule has 0 aliphatic rings. The number of esters is 1. The highest BCUT2D eigenvalue weighted by atomic mass is 17.2. The van der Waals surface area contributed by atoms with Crippen molar-refractivity contribution in [3.05, 3.63) is 0 Å². The molecular formula is C13H18O16. The smallest absolute Gasteiger partial charge is 0.339 e. The van der Waals surface area contributed by atoms with Gasteiger partial charge in [-0.15, -0.1) is 0 Å². The number of carbonyl (C=O) groups is 5. The van der Waals surface area contributed by atoms with Gasteiger partial charge in [0.05, 0.1) is 13.0 Å². The second kappa shape index (κ2) is 10.6. The molecule has 0 aromatic rings. The van der Waals surface area contributed by atoms with E-state index in [1.807, 2.05) is 0 Å². The second-order valence-corrected chi connectivity index (χ2v) is 5.44. The number of hydrogen-bond acceptors (Lipinski definition) is 12. The molecule has 0 fully saturated rings. The first kappa shape index (κ1) is 26.1. The molecule has 0 bridgehead atoms. The monoisotopic (exact) mass is 430 g/mol. The lowest BCUT2D eigenvalue weighted by atomic mass is 9.93. The first-order chi connectivity index (χ1) is 13.2. The van der Waals surface area contributed by atoms with Crippen LogP contribution in [0.5, 0.6) is 0 Å². The summed E-state index contributed by atoms with van der Waals surface area (Å²) in [6.07, 6.45) is -8.04. The molecular weight excluding hydrogens is 412 g/mol. The van der Waals surface area contributed by atoms with E-state index in [0.29, 0.717) is 0 Å². The maximum absolute atomic E-state index is 11.4. The molecule has 0 aliphatic carbocycles. The molecule has 4 unspecified atom stereocenters. The zero-order valence-corrected chi connectivity index (χ0v) is 14.3. The molecule has 0 aromatic carbocycles. The molecule has 16 nitrogen and oxygen atoms in total. The van der Waals surface area contributed by atoms with Gasteiger partial charge in [-0.25, -0.2) is 24.1 Å². The molecule has 0 heterocycles. The van der Waals surface area contributed by atoms with Crippen LogP contribution in [0.15, 0.2) is 0 Å². The predicted octanol–water partition coefficient (Wildman–Crippen LogP) is -4.26. The first-order valence-corrected chi connectivity index (χ1v) is 7.33. The molecule has 16 heteroatoms. The van der Waals surface area contributed by atoms with Gasteiger partial charge in [0.1, 0.15) is 0 Å². The van der Waals surface area contributed by atoms with Crippen molar-refractivity contribution in [1.82, 2.24) is 0 Å². The average Bonchev–Trinajstić information content (AvgIpc) is 2.62. The number of rotatable bonds is 14. The number of aliphatic carboxylic acids is 4. The third kappa shape index (κ3) is 6.89. The Bertz CT molecular complexity index is 645. The Hall–Kier alpha value is -2.89. The Morgan fingerprint density at radius 3 is 1.62 bits per heavy atom. The largest absolute Gasteiger partial charge is 0.479 e. The van der Waals surface area contributed by atoms with Crippen molar-refractivity contribution in [1.29, 1.82) is 0 Å². The van der Waals surface area contributed by atoms with Crippen LogP contribution < -0.4 is 0 Å². The molecule has 166 valence electrons. The summed E-state index contributed by atoms with van der Waals surface area (Å²) in [6, 6.07) is 0. The van der Waals surface area contributed by atoms with Crippen molar-refractivity contribution in [2.45, 2.75) is 36.3 Å². The van der Waals surface area contributed by atoms with Gasteiger partial charge in [0.15, 0.2) is 12.2 Å². The van der Waals surface area contributed by atoms with Crippen LogP contribution in [0.1, 0.15) is 12.8 Å². The molecule has 0 saturated carbocycles. The molecule has 0 aromatic heterocycles. The molecule has 0 aliphatic heterocycles. The summed E-state index contributed by atoms with van der Waals surface area (Å²) in [5.74, 6) is -10.0. The van der Waals surface area contributed by atoms with Crippen LogP contribution in [0.3, 0.4) is 0 Å². The van der Waals surface area contributed by atoms with Crippen LogP contribution >= 0.6 is 0 Å². The summed E-state index contributed by atoms with van der Waals surface area (Å²) in [7, 11) is 0. The standard InChI is InChI=1S/C13H18O16/c14-5(3-13(26,11(23)24)7(16)9(19)20)27-4-29-28-2-1-12(25,10(21)22)6(15)8(17)18/h6-7,15-16,25-26H,1-4H2,(H,17,18)(H,19,20)(H,21,22)(H,23,24). The predicted molar refractivity (Wildman–Crippen MR) is 79.7 cm³/mol. The van der Waals surface area contributed by atoms with Crippen molar-refractivity contribution in [3.63, 3.8) is 0 Å². The number of carbonyl (C=O) groups excluding carboxylic acids is 1. The van der Waals surface area contributed by atoms with Crippen LogP contribution in [-0.4, -0.2) is 108 Å². The van der Waals surface area contributed by atoms with Crippen LogP contribution in [-0.2, 0) is 38.5 Å². The minimum Gasteiger partial charge on any atom is -0.479 e. The van der Waals surface area contributed by atoms with E-state index in [2.05, 4.69) is 14.5 Å². The summed E-state index contributed by atoms with van der Waals surface area (Å²) in [5.41, 5.74) is -6.54. The van der Waals surface area contributed by atoms with Gasteiger partial charge in [0.25, 0.3) is 0 Å². The van der Waals surface area contributed by atoms with Crippen molar-refractivity contribution < 1.29 is 79.3 Å². The third-order valence-electron chi connectivity index (χ3n) is 3.44. The topological polar surface area (TPSA) is 275 Å². The Morgan fingerprint density at radius 2 is 1.21 bits per heavy atom. The summed E-state index contributed by atoms with van der Waals surface area (Å²) < 4.78 is 4.25. The average molecular weight is 430 g/mol. The van der Waals surface area contributed by atoms with Gasteiger partial charge in [-0.2, -0.15) is 4.89 Å². The SMILES string of the molecule is O=C(CC(O)(C(=O)O)C(O)C(=O)O)OCOOCCC(O)(C(=O)O)C(O)C(=O)O. The number of carboxylic acids is 4. The van der Waals surface area contributed by atoms with Crippen LogP contribution in [0.2, 0.25) is 0 Å². The van der Waals surface area contributed by atoms with E-state index >= 15 is 0 Å². The number of aliphatic hydroxyl groups is 4. The number of hydrogen-bond donors (Lipinski definition) is 8. The van der Waals surface area contributed by atoms with Crippen molar-refractivity contribution in [2.24, 2.45) is 0 Å². The second-order valence-electron chi connectivity index (χ2n) is 5.44. The number of carboxylic acid groups (broad SMARTS) is 4. The fourth-order valence-corrected chi connectivity index (χ4v) is 1.71. The Labute approximate surface area is 160 Å². The summed E-state index contributed by atoms with van der Waals surface area (Å²) in [4.78, 5) is 62.9. The van der Waals surface area contributed by atoms with E-state index in [-0.39, 0.29) is 0 Å². The van der Waals surface area contributed by atoms with E-state index in [0.717, 1.165) is 0 Å². The molecule has 29 heavy (non-hydrogen) atoms. The number of aliphatic hydroxyl groups excluding tert-OH is 2. The fraction of sp³-hybridized carbons (Fsp3) is 0.615. The van der Waals surface area contributed by atoms with Crippen LogP contribution in [0.25, 0.3) is 0 Å². The van der Waals surface area contributed by atoms with Crippen molar-refractivity contribution >= 4 is 29.8 Å². The van der Waals surface area contributed by atoms with Gasteiger partial charge in [-0.05, 0) is 0 Å².